The highest BCUT2D eigenvalue weighted by Gasteiger charge is 2.32. The lowest BCUT2D eigenvalue weighted by Gasteiger charge is -2.28. The van der Waals surface area contributed by atoms with Gasteiger partial charge in [-0.15, -0.1) is 0 Å². The third-order valence-electron chi connectivity index (χ3n) is 5.43. The van der Waals surface area contributed by atoms with Gasteiger partial charge in [-0.1, -0.05) is 6.07 Å². The maximum atomic E-state index is 12.4. The number of urea groups is 1. The van der Waals surface area contributed by atoms with Gasteiger partial charge in [0, 0.05) is 14.8 Å². The van der Waals surface area contributed by atoms with Crippen LogP contribution in [0.2, 0.25) is 0 Å². The molecule has 0 aromatic heterocycles. The average molecular weight is 764 g/mol. The Hall–Kier alpha value is -2.79. The van der Waals surface area contributed by atoms with Crippen LogP contribution in [0.1, 0.15) is 37.9 Å². The van der Waals surface area contributed by atoms with E-state index in [0.717, 1.165) is 18.5 Å². The number of amides is 2. The second-order valence-corrected chi connectivity index (χ2v) is 10.6. The van der Waals surface area contributed by atoms with Gasteiger partial charge in [0.15, 0.2) is 17.7 Å². The van der Waals surface area contributed by atoms with Gasteiger partial charge in [-0.05, 0) is 95.8 Å². The molecule has 0 unspecified atom stereocenters. The van der Waals surface area contributed by atoms with E-state index in [0.29, 0.717) is 36.0 Å². The van der Waals surface area contributed by atoms with Gasteiger partial charge in [0.1, 0.15) is 12.4 Å². The summed E-state index contributed by atoms with van der Waals surface area (Å²) in [6.45, 7) is 6.10. The number of allylic oxidation sites excluding steroid dienone is 1. The molecule has 0 bridgehead atoms. The highest BCUT2D eigenvalue weighted by atomic mass is 127. The molecule has 0 spiro atoms. The van der Waals surface area contributed by atoms with Gasteiger partial charge in [0.05, 0.1) is 41.7 Å². The van der Waals surface area contributed by atoms with Crippen molar-refractivity contribution in [3.63, 3.8) is 0 Å². The number of carbonyl (C=O) groups is 2. The fourth-order valence-corrected chi connectivity index (χ4v) is 5.83. The number of carbonyl (C=O) groups excluding carboxylic acids is 2. The van der Waals surface area contributed by atoms with Gasteiger partial charge in [0.25, 0.3) is 0 Å². The summed E-state index contributed by atoms with van der Waals surface area (Å²) in [5.41, 5.74) is 4.70. The fraction of sp³-hybridized carbons (Fsp3) is 0.346. The van der Waals surface area contributed by atoms with Gasteiger partial charge >= 0.3 is 12.0 Å². The van der Waals surface area contributed by atoms with Crippen molar-refractivity contribution < 1.29 is 33.6 Å². The zero-order valence-electron chi connectivity index (χ0n) is 21.8. The Kier molecular flexibility index (Phi) is 11.5. The van der Waals surface area contributed by atoms with E-state index in [-0.39, 0.29) is 12.2 Å². The van der Waals surface area contributed by atoms with Crippen molar-refractivity contribution in [1.82, 2.24) is 16.1 Å². The molecule has 4 N–H and O–H groups in total. The van der Waals surface area contributed by atoms with Crippen molar-refractivity contribution in [2.24, 2.45) is 5.10 Å². The standard InChI is InChI=1S/C26H30I2N4O7/c1-5-37-20-10-15(23-22(25(34)36-4)14(3)30-26(35)31-23)7-8-19(20)39-13-21(33)32-29-12-16-9-17(27)11-18(28)24(16)38-6-2/h7-12,21,23,32-33H,5-6,13H2,1-4H3,(H2,30,31,35)/b29-12+/t21-,23+/m0/s1. The van der Waals surface area contributed by atoms with Crippen LogP contribution in [0.25, 0.3) is 0 Å². The number of ether oxygens (including phenoxy) is 4. The second-order valence-electron chi connectivity index (χ2n) is 8.15. The Balaban J connectivity index is 1.72. The van der Waals surface area contributed by atoms with Crippen molar-refractivity contribution in [3.8, 4) is 17.2 Å². The van der Waals surface area contributed by atoms with Crippen LogP contribution >= 0.6 is 45.2 Å². The molecule has 0 aliphatic carbocycles. The fourth-order valence-electron chi connectivity index (χ4n) is 3.79. The number of hydrogen-bond acceptors (Lipinski definition) is 9. The van der Waals surface area contributed by atoms with Crippen molar-refractivity contribution in [2.45, 2.75) is 33.0 Å². The molecule has 2 aromatic carbocycles. The van der Waals surface area contributed by atoms with E-state index in [1.54, 1.807) is 31.3 Å². The lowest BCUT2D eigenvalue weighted by Crippen LogP contribution is -2.45. The Morgan fingerprint density at radius 3 is 2.59 bits per heavy atom. The quantitative estimate of drug-likeness (QED) is 0.0843. The Morgan fingerprint density at radius 1 is 1.15 bits per heavy atom. The number of nitrogens with one attached hydrogen (secondary N) is 3. The molecule has 3 rings (SSSR count). The summed E-state index contributed by atoms with van der Waals surface area (Å²) in [6.07, 6.45) is 0.466. The van der Waals surface area contributed by atoms with Gasteiger partial charge in [-0.2, -0.15) is 5.10 Å². The summed E-state index contributed by atoms with van der Waals surface area (Å²) in [5, 5.41) is 19.9. The molecule has 2 aromatic rings. The summed E-state index contributed by atoms with van der Waals surface area (Å²) >= 11 is 4.43. The van der Waals surface area contributed by atoms with Crippen molar-refractivity contribution in [3.05, 3.63) is 59.9 Å². The van der Waals surface area contributed by atoms with E-state index >= 15 is 0 Å². The average Bonchev–Trinajstić information content (AvgIpc) is 2.89. The van der Waals surface area contributed by atoms with E-state index in [4.69, 9.17) is 18.9 Å². The monoisotopic (exact) mass is 764 g/mol. The van der Waals surface area contributed by atoms with E-state index in [9.17, 15) is 14.7 Å². The molecule has 0 saturated carbocycles. The number of rotatable bonds is 12. The molecule has 210 valence electrons. The predicted molar refractivity (Wildman–Crippen MR) is 162 cm³/mol. The van der Waals surface area contributed by atoms with Gasteiger partial charge in [0.2, 0.25) is 0 Å². The van der Waals surface area contributed by atoms with Crippen LogP contribution < -0.4 is 30.3 Å². The van der Waals surface area contributed by atoms with Crippen LogP contribution in [0.3, 0.4) is 0 Å². The highest BCUT2D eigenvalue weighted by Crippen LogP contribution is 2.35. The SMILES string of the molecule is CCOc1cc([C@H]2NC(=O)NC(C)=C2C(=O)OC)ccc1OC[C@H](O)N/N=C/c1cc(I)cc(I)c1OCC. The van der Waals surface area contributed by atoms with E-state index < -0.39 is 24.3 Å². The zero-order chi connectivity index (χ0) is 28.5. The number of halogens is 2. The molecule has 1 heterocycles. The third kappa shape index (κ3) is 8.11. The lowest BCUT2D eigenvalue weighted by atomic mass is 9.95. The van der Waals surface area contributed by atoms with E-state index in [1.165, 1.54) is 7.11 Å². The number of benzene rings is 2. The highest BCUT2D eigenvalue weighted by molar-refractivity contribution is 14.1. The van der Waals surface area contributed by atoms with Crippen LogP contribution in [-0.2, 0) is 9.53 Å². The molecule has 1 aliphatic rings. The molecule has 1 aliphatic heterocycles. The second kappa shape index (κ2) is 14.6. The smallest absolute Gasteiger partial charge is 0.337 e. The Morgan fingerprint density at radius 2 is 1.90 bits per heavy atom. The summed E-state index contributed by atoms with van der Waals surface area (Å²) in [7, 11) is 1.28. The Bertz CT molecular complexity index is 1270. The number of methoxy groups -OCH3 is 1. The summed E-state index contributed by atoms with van der Waals surface area (Å²) < 4.78 is 24.2. The summed E-state index contributed by atoms with van der Waals surface area (Å²) in [4.78, 5) is 24.5. The number of nitrogens with zero attached hydrogens (tertiary/aromatic N) is 1. The van der Waals surface area contributed by atoms with Crippen LogP contribution in [0.15, 0.2) is 46.7 Å². The van der Waals surface area contributed by atoms with Crippen molar-refractivity contribution in [1.29, 1.82) is 0 Å². The molecule has 2 amide bonds. The first-order chi connectivity index (χ1) is 18.7. The third-order valence-corrected chi connectivity index (χ3v) is 6.85. The first kappa shape index (κ1) is 30.7. The number of aliphatic hydroxyl groups is 1. The first-order valence-corrected chi connectivity index (χ1v) is 14.2. The topological polar surface area (TPSA) is 140 Å². The molecular formula is C26H30I2N4O7. The minimum absolute atomic E-state index is 0.130. The number of hydrogen-bond donors (Lipinski definition) is 4. The molecule has 0 saturated heterocycles. The molecule has 2 atom stereocenters. The number of hydrazone groups is 1. The first-order valence-electron chi connectivity index (χ1n) is 12.0. The maximum Gasteiger partial charge on any atom is 0.337 e. The van der Waals surface area contributed by atoms with Crippen LogP contribution in [0.5, 0.6) is 17.2 Å². The number of esters is 1. The minimum atomic E-state index is -1.12. The van der Waals surface area contributed by atoms with Gasteiger partial charge in [-0.3, -0.25) is 5.43 Å². The Labute approximate surface area is 254 Å². The van der Waals surface area contributed by atoms with E-state index in [1.807, 2.05) is 26.0 Å². The van der Waals surface area contributed by atoms with E-state index in [2.05, 4.69) is 66.3 Å². The normalized spacial score (nSPS) is 15.9. The van der Waals surface area contributed by atoms with Gasteiger partial charge in [-0.25, -0.2) is 9.59 Å². The van der Waals surface area contributed by atoms with Gasteiger partial charge < -0.3 is 34.7 Å². The van der Waals surface area contributed by atoms with Crippen molar-refractivity contribution >= 4 is 63.4 Å². The zero-order valence-corrected chi connectivity index (χ0v) is 26.2. The van der Waals surface area contributed by atoms with Crippen molar-refractivity contribution in [2.75, 3.05) is 26.9 Å². The predicted octanol–water partition coefficient (Wildman–Crippen LogP) is 3.82. The van der Waals surface area contributed by atoms with Crippen LogP contribution in [0, 0.1) is 7.14 Å². The lowest BCUT2D eigenvalue weighted by molar-refractivity contribution is -0.136. The summed E-state index contributed by atoms with van der Waals surface area (Å²) in [6, 6.07) is 7.79. The van der Waals surface area contributed by atoms with Crippen LogP contribution in [-0.4, -0.2) is 56.5 Å². The molecule has 13 heteroatoms. The minimum Gasteiger partial charge on any atom is -0.492 e. The maximum absolute atomic E-state index is 12.4. The largest absolute Gasteiger partial charge is 0.492 e. The molecule has 39 heavy (non-hydrogen) atoms. The number of aliphatic hydroxyl groups excluding tert-OH is 1. The molecule has 0 fully saturated rings. The molecular weight excluding hydrogens is 734 g/mol. The molecule has 0 radical (unpaired) electrons. The molecule has 11 nitrogen and oxygen atoms in total. The summed E-state index contributed by atoms with van der Waals surface area (Å²) in [5.74, 6) is 0.917. The van der Waals surface area contributed by atoms with Crippen LogP contribution in [0.4, 0.5) is 4.79 Å².